The highest BCUT2D eigenvalue weighted by atomic mass is 32.2. The minimum Gasteiger partial charge on any atom is -0.354 e. The van der Waals surface area contributed by atoms with Crippen LogP contribution in [0.2, 0.25) is 0 Å². The molecule has 3 aromatic rings. The number of nitrogens with zero attached hydrogens (tertiary/aromatic N) is 2. The van der Waals surface area contributed by atoms with Crippen LogP contribution in [0.1, 0.15) is 56.7 Å². The van der Waals surface area contributed by atoms with Gasteiger partial charge in [0.1, 0.15) is 12.6 Å². The molecule has 7 nitrogen and oxygen atoms in total. The fourth-order valence-electron chi connectivity index (χ4n) is 4.14. The fraction of sp³-hybridized carbons (Fsp3) is 0.355. The minimum atomic E-state index is -4.07. The van der Waals surface area contributed by atoms with Gasteiger partial charge in [0, 0.05) is 13.1 Å². The van der Waals surface area contributed by atoms with Crippen molar-refractivity contribution in [2.45, 2.75) is 64.4 Å². The number of amides is 2. The van der Waals surface area contributed by atoms with E-state index in [4.69, 9.17) is 0 Å². The Balaban J connectivity index is 2.01. The van der Waals surface area contributed by atoms with Gasteiger partial charge in [0.2, 0.25) is 11.8 Å². The highest BCUT2D eigenvalue weighted by Crippen LogP contribution is 2.26. The highest BCUT2D eigenvalue weighted by molar-refractivity contribution is 7.92. The van der Waals surface area contributed by atoms with Gasteiger partial charge in [0.05, 0.1) is 10.6 Å². The van der Waals surface area contributed by atoms with E-state index in [1.54, 1.807) is 37.3 Å². The van der Waals surface area contributed by atoms with Crippen molar-refractivity contribution in [3.8, 4) is 0 Å². The van der Waals surface area contributed by atoms with Crippen LogP contribution in [0.3, 0.4) is 0 Å². The van der Waals surface area contributed by atoms with Crippen molar-refractivity contribution in [2.75, 3.05) is 17.4 Å². The molecule has 2 amide bonds. The minimum absolute atomic E-state index is 0.0876. The number of carbonyl (C=O) groups is 2. The molecule has 8 heteroatoms. The maximum absolute atomic E-state index is 13.9. The van der Waals surface area contributed by atoms with Gasteiger partial charge >= 0.3 is 0 Å². The van der Waals surface area contributed by atoms with Crippen molar-refractivity contribution in [2.24, 2.45) is 0 Å². The molecule has 0 aliphatic rings. The second kappa shape index (κ2) is 13.4. The lowest BCUT2D eigenvalue weighted by molar-refractivity contribution is -0.139. The number of hydrogen-bond acceptors (Lipinski definition) is 4. The first-order chi connectivity index (χ1) is 18.5. The Hall–Kier alpha value is -3.65. The molecular formula is C31H39N3O4S. The number of rotatable bonds is 12. The summed E-state index contributed by atoms with van der Waals surface area (Å²) in [5.74, 6) is -0.481. The smallest absolute Gasteiger partial charge is 0.264 e. The molecule has 3 aromatic carbocycles. The lowest BCUT2D eigenvalue weighted by Gasteiger charge is -2.32. The Labute approximate surface area is 232 Å². The number of sulfonamides is 1. The van der Waals surface area contributed by atoms with Gasteiger partial charge in [-0.05, 0) is 61.6 Å². The summed E-state index contributed by atoms with van der Waals surface area (Å²) in [4.78, 5) is 28.4. The first-order valence-corrected chi connectivity index (χ1v) is 14.8. The van der Waals surface area contributed by atoms with Crippen LogP contribution in [0.25, 0.3) is 0 Å². The summed E-state index contributed by atoms with van der Waals surface area (Å²) in [6, 6.07) is 22.2. The number of carbonyl (C=O) groups excluding carboxylic acids is 2. The fourth-order valence-corrected chi connectivity index (χ4v) is 5.58. The van der Waals surface area contributed by atoms with Crippen molar-refractivity contribution < 1.29 is 18.0 Å². The molecule has 0 aromatic heterocycles. The number of hydrogen-bond donors (Lipinski definition) is 1. The van der Waals surface area contributed by atoms with Gasteiger partial charge < -0.3 is 10.2 Å². The van der Waals surface area contributed by atoms with E-state index in [0.717, 1.165) is 27.4 Å². The van der Waals surface area contributed by atoms with E-state index >= 15 is 0 Å². The second-order valence-corrected chi connectivity index (χ2v) is 11.9. The molecule has 1 atom stereocenters. The van der Waals surface area contributed by atoms with Gasteiger partial charge in [-0.25, -0.2) is 8.42 Å². The standard InChI is InChI=1S/C31H39N3O4S/c1-6-20-32-31(36)25(5)33(21-26-14-12-24(4)13-15-26)30(35)22-34(28-18-16-27(17-19-28)23(2)3)39(37,38)29-10-8-7-9-11-29/h7-19,23,25H,6,20-22H2,1-5H3,(H,32,36)/t25-/m1/s1. The van der Waals surface area contributed by atoms with E-state index in [2.05, 4.69) is 19.2 Å². The summed E-state index contributed by atoms with van der Waals surface area (Å²) in [7, 11) is -4.07. The Bertz CT molecular complexity index is 1340. The van der Waals surface area contributed by atoms with Crippen LogP contribution in [-0.2, 0) is 26.2 Å². The van der Waals surface area contributed by atoms with Crippen LogP contribution in [-0.4, -0.2) is 44.3 Å². The average molecular weight is 550 g/mol. The van der Waals surface area contributed by atoms with Gasteiger partial charge in [-0.2, -0.15) is 0 Å². The predicted octanol–water partition coefficient (Wildman–Crippen LogP) is 5.26. The Morgan fingerprint density at radius 2 is 1.49 bits per heavy atom. The Morgan fingerprint density at radius 3 is 2.05 bits per heavy atom. The molecule has 0 heterocycles. The number of nitrogens with one attached hydrogen (secondary N) is 1. The lowest BCUT2D eigenvalue weighted by Crippen LogP contribution is -2.51. The molecule has 0 aliphatic heterocycles. The van der Waals surface area contributed by atoms with Crippen molar-refractivity contribution in [3.63, 3.8) is 0 Å². The van der Waals surface area contributed by atoms with Gasteiger partial charge in [-0.3, -0.25) is 13.9 Å². The monoisotopic (exact) mass is 549 g/mol. The normalized spacial score (nSPS) is 12.2. The van der Waals surface area contributed by atoms with E-state index < -0.39 is 28.5 Å². The summed E-state index contributed by atoms with van der Waals surface area (Å²) in [5.41, 5.74) is 3.37. The van der Waals surface area contributed by atoms with Crippen LogP contribution in [0.5, 0.6) is 0 Å². The van der Waals surface area contributed by atoms with Crippen LogP contribution in [0.4, 0.5) is 5.69 Å². The number of aryl methyl sites for hydroxylation is 1. The van der Waals surface area contributed by atoms with Crippen LogP contribution in [0.15, 0.2) is 83.8 Å². The quantitative estimate of drug-likeness (QED) is 0.334. The lowest BCUT2D eigenvalue weighted by atomic mass is 10.0. The zero-order chi connectivity index (χ0) is 28.6. The predicted molar refractivity (Wildman–Crippen MR) is 156 cm³/mol. The number of benzene rings is 3. The zero-order valence-corrected chi connectivity index (χ0v) is 24.2. The Kier molecular flexibility index (Phi) is 10.3. The Morgan fingerprint density at radius 1 is 0.872 bits per heavy atom. The first kappa shape index (κ1) is 29.9. The van der Waals surface area contributed by atoms with E-state index in [-0.39, 0.29) is 23.3 Å². The highest BCUT2D eigenvalue weighted by Gasteiger charge is 2.32. The van der Waals surface area contributed by atoms with Crippen molar-refractivity contribution in [1.82, 2.24) is 10.2 Å². The molecule has 0 bridgehead atoms. The van der Waals surface area contributed by atoms with Gasteiger partial charge in [-0.1, -0.05) is 80.9 Å². The molecule has 0 saturated heterocycles. The van der Waals surface area contributed by atoms with E-state index in [0.29, 0.717) is 12.2 Å². The van der Waals surface area contributed by atoms with Gasteiger partial charge in [0.25, 0.3) is 10.0 Å². The second-order valence-electron chi connectivity index (χ2n) is 10.0. The SMILES string of the molecule is CCCNC(=O)[C@@H](C)N(Cc1ccc(C)cc1)C(=O)CN(c1ccc(C(C)C)cc1)S(=O)(=O)c1ccccc1. The molecule has 0 aliphatic carbocycles. The van der Waals surface area contributed by atoms with Crippen LogP contribution < -0.4 is 9.62 Å². The summed E-state index contributed by atoms with van der Waals surface area (Å²) < 4.78 is 28.8. The molecule has 3 rings (SSSR count). The molecule has 39 heavy (non-hydrogen) atoms. The molecule has 0 unspecified atom stereocenters. The first-order valence-electron chi connectivity index (χ1n) is 13.3. The summed E-state index contributed by atoms with van der Waals surface area (Å²) in [5, 5.41) is 2.86. The molecule has 1 N–H and O–H groups in total. The summed E-state index contributed by atoms with van der Waals surface area (Å²) >= 11 is 0. The van der Waals surface area contributed by atoms with Crippen LogP contribution >= 0.6 is 0 Å². The van der Waals surface area contributed by atoms with E-state index in [1.165, 1.54) is 17.0 Å². The van der Waals surface area contributed by atoms with E-state index in [9.17, 15) is 18.0 Å². The largest absolute Gasteiger partial charge is 0.354 e. The van der Waals surface area contributed by atoms with Crippen molar-refractivity contribution >= 4 is 27.5 Å². The molecule has 208 valence electrons. The van der Waals surface area contributed by atoms with E-state index in [1.807, 2.05) is 50.2 Å². The van der Waals surface area contributed by atoms with Gasteiger partial charge in [-0.15, -0.1) is 0 Å². The third-order valence-corrected chi connectivity index (χ3v) is 8.44. The molecule has 0 saturated carbocycles. The van der Waals surface area contributed by atoms with Gasteiger partial charge in [0.15, 0.2) is 0 Å². The number of anilines is 1. The van der Waals surface area contributed by atoms with Crippen molar-refractivity contribution in [3.05, 3.63) is 95.6 Å². The maximum atomic E-state index is 13.9. The van der Waals surface area contributed by atoms with Crippen LogP contribution in [0, 0.1) is 6.92 Å². The average Bonchev–Trinajstić information content (AvgIpc) is 2.94. The molecule has 0 radical (unpaired) electrons. The summed E-state index contributed by atoms with van der Waals surface area (Å²) in [6.45, 7) is 9.94. The maximum Gasteiger partial charge on any atom is 0.264 e. The summed E-state index contributed by atoms with van der Waals surface area (Å²) in [6.07, 6.45) is 0.764. The molecule has 0 fully saturated rings. The molecular weight excluding hydrogens is 510 g/mol. The van der Waals surface area contributed by atoms with Crippen molar-refractivity contribution in [1.29, 1.82) is 0 Å². The third-order valence-electron chi connectivity index (χ3n) is 6.65. The zero-order valence-electron chi connectivity index (χ0n) is 23.4. The topological polar surface area (TPSA) is 86.8 Å². The third kappa shape index (κ3) is 7.69. The molecule has 0 spiro atoms.